The fourth-order valence-electron chi connectivity index (χ4n) is 3.82. The molecule has 1 N–H and O–H groups in total. The SMILES string of the molecule is O=C(NCc1ccc(N2CCCCCC2)nc1)N(Cc1ccccc1)C1CC1. The van der Waals surface area contributed by atoms with Gasteiger partial charge in [0.05, 0.1) is 0 Å². The van der Waals surface area contributed by atoms with Crippen LogP contribution in [-0.2, 0) is 13.1 Å². The van der Waals surface area contributed by atoms with Crippen molar-refractivity contribution in [2.45, 2.75) is 57.7 Å². The number of benzene rings is 1. The summed E-state index contributed by atoms with van der Waals surface area (Å²) in [6.07, 6.45) is 9.25. The highest BCUT2D eigenvalue weighted by atomic mass is 16.2. The van der Waals surface area contributed by atoms with Crippen LogP contribution in [0, 0.1) is 0 Å². The van der Waals surface area contributed by atoms with Gasteiger partial charge in [-0.25, -0.2) is 9.78 Å². The Morgan fingerprint density at radius 1 is 1.00 bits per heavy atom. The van der Waals surface area contributed by atoms with E-state index in [1.54, 1.807) is 0 Å². The van der Waals surface area contributed by atoms with Crippen LogP contribution in [0.1, 0.15) is 49.7 Å². The zero-order valence-corrected chi connectivity index (χ0v) is 16.5. The minimum Gasteiger partial charge on any atom is -0.357 e. The molecule has 1 aromatic heterocycles. The van der Waals surface area contributed by atoms with Crippen molar-refractivity contribution in [2.75, 3.05) is 18.0 Å². The number of anilines is 1. The normalized spacial score (nSPS) is 17.1. The molecular formula is C23H30N4O. The summed E-state index contributed by atoms with van der Waals surface area (Å²) in [7, 11) is 0. The molecule has 0 bridgehead atoms. The maximum absolute atomic E-state index is 12.7. The summed E-state index contributed by atoms with van der Waals surface area (Å²) in [5.74, 6) is 1.06. The lowest BCUT2D eigenvalue weighted by molar-refractivity contribution is 0.191. The summed E-state index contributed by atoms with van der Waals surface area (Å²) in [5.41, 5.74) is 2.22. The Kier molecular flexibility index (Phi) is 6.10. The van der Waals surface area contributed by atoms with Crippen molar-refractivity contribution < 1.29 is 4.79 Å². The van der Waals surface area contributed by atoms with E-state index in [-0.39, 0.29) is 6.03 Å². The summed E-state index contributed by atoms with van der Waals surface area (Å²) < 4.78 is 0. The molecule has 1 aliphatic carbocycles. The molecular weight excluding hydrogens is 348 g/mol. The Balaban J connectivity index is 1.32. The van der Waals surface area contributed by atoms with Crippen LogP contribution in [-0.4, -0.2) is 35.0 Å². The zero-order chi connectivity index (χ0) is 19.2. The van der Waals surface area contributed by atoms with Crippen LogP contribution in [0.3, 0.4) is 0 Å². The van der Waals surface area contributed by atoms with Gasteiger partial charge in [0.15, 0.2) is 0 Å². The minimum atomic E-state index is 0.0166. The predicted octanol–water partition coefficient (Wildman–Crippen LogP) is 4.34. The van der Waals surface area contributed by atoms with E-state index >= 15 is 0 Å². The zero-order valence-electron chi connectivity index (χ0n) is 16.5. The average Bonchev–Trinajstić information content (AvgIpc) is 3.59. The van der Waals surface area contributed by atoms with Crippen LogP contribution in [0.5, 0.6) is 0 Å². The number of rotatable bonds is 6. The van der Waals surface area contributed by atoms with Crippen LogP contribution < -0.4 is 10.2 Å². The van der Waals surface area contributed by atoms with Gasteiger partial charge in [0.1, 0.15) is 5.82 Å². The lowest BCUT2D eigenvalue weighted by Gasteiger charge is -2.23. The first-order chi connectivity index (χ1) is 13.8. The van der Waals surface area contributed by atoms with E-state index in [9.17, 15) is 4.79 Å². The minimum absolute atomic E-state index is 0.0166. The second kappa shape index (κ2) is 9.09. The maximum Gasteiger partial charge on any atom is 0.318 e. The van der Waals surface area contributed by atoms with Crippen molar-refractivity contribution in [3.05, 3.63) is 59.8 Å². The summed E-state index contributed by atoms with van der Waals surface area (Å²) in [6, 6.07) is 14.8. The van der Waals surface area contributed by atoms with Gasteiger partial charge in [0.2, 0.25) is 0 Å². The molecule has 0 unspecified atom stereocenters. The van der Waals surface area contributed by atoms with Gasteiger partial charge in [-0.1, -0.05) is 49.2 Å². The molecule has 28 heavy (non-hydrogen) atoms. The van der Waals surface area contributed by atoms with Gasteiger partial charge >= 0.3 is 6.03 Å². The van der Waals surface area contributed by atoms with Crippen molar-refractivity contribution in [3.8, 4) is 0 Å². The number of nitrogens with zero attached hydrogens (tertiary/aromatic N) is 3. The highest BCUT2D eigenvalue weighted by molar-refractivity contribution is 5.75. The molecule has 5 heteroatoms. The summed E-state index contributed by atoms with van der Waals surface area (Å²) in [5, 5.41) is 3.08. The number of amides is 2. The molecule has 5 nitrogen and oxygen atoms in total. The molecule has 2 aliphatic rings. The molecule has 1 aromatic carbocycles. The predicted molar refractivity (Wildman–Crippen MR) is 112 cm³/mol. The van der Waals surface area contributed by atoms with E-state index in [0.29, 0.717) is 19.1 Å². The van der Waals surface area contributed by atoms with E-state index in [0.717, 1.165) is 37.3 Å². The second-order valence-corrected chi connectivity index (χ2v) is 7.93. The molecule has 1 saturated heterocycles. The molecule has 4 rings (SSSR count). The lowest BCUT2D eigenvalue weighted by Crippen LogP contribution is -2.40. The number of hydrogen-bond donors (Lipinski definition) is 1. The third-order valence-electron chi connectivity index (χ3n) is 5.63. The van der Waals surface area contributed by atoms with E-state index in [1.165, 1.54) is 31.2 Å². The second-order valence-electron chi connectivity index (χ2n) is 7.93. The van der Waals surface area contributed by atoms with E-state index in [4.69, 9.17) is 0 Å². The van der Waals surface area contributed by atoms with Crippen LogP contribution in [0.15, 0.2) is 48.7 Å². The van der Waals surface area contributed by atoms with Crippen LogP contribution >= 0.6 is 0 Å². The van der Waals surface area contributed by atoms with E-state index in [1.807, 2.05) is 29.3 Å². The van der Waals surface area contributed by atoms with Crippen molar-refractivity contribution in [1.82, 2.24) is 15.2 Å². The van der Waals surface area contributed by atoms with Crippen LogP contribution in [0.4, 0.5) is 10.6 Å². The number of nitrogens with one attached hydrogen (secondary N) is 1. The molecule has 0 radical (unpaired) electrons. The average molecular weight is 379 g/mol. The van der Waals surface area contributed by atoms with E-state index in [2.05, 4.69) is 39.5 Å². The summed E-state index contributed by atoms with van der Waals surface area (Å²) in [4.78, 5) is 21.7. The fraction of sp³-hybridized carbons (Fsp3) is 0.478. The van der Waals surface area contributed by atoms with Gasteiger partial charge in [-0.05, 0) is 42.9 Å². The first kappa shape index (κ1) is 18.8. The van der Waals surface area contributed by atoms with Gasteiger partial charge in [0, 0.05) is 38.4 Å². The number of pyridine rings is 1. The first-order valence-corrected chi connectivity index (χ1v) is 10.6. The third-order valence-corrected chi connectivity index (χ3v) is 5.63. The van der Waals surface area contributed by atoms with E-state index < -0.39 is 0 Å². The van der Waals surface area contributed by atoms with Gasteiger partial charge in [-0.2, -0.15) is 0 Å². The third kappa shape index (κ3) is 5.03. The number of hydrogen-bond acceptors (Lipinski definition) is 3. The Labute approximate surface area is 167 Å². The number of carbonyl (C=O) groups is 1. The summed E-state index contributed by atoms with van der Waals surface area (Å²) >= 11 is 0. The smallest absolute Gasteiger partial charge is 0.318 e. The quantitative estimate of drug-likeness (QED) is 0.814. The number of urea groups is 1. The van der Waals surface area contributed by atoms with Gasteiger partial charge in [0.25, 0.3) is 0 Å². The fourth-order valence-corrected chi connectivity index (χ4v) is 3.82. The number of aromatic nitrogens is 1. The van der Waals surface area contributed by atoms with Crippen molar-refractivity contribution in [3.63, 3.8) is 0 Å². The highest BCUT2D eigenvalue weighted by Gasteiger charge is 2.32. The Morgan fingerprint density at radius 2 is 1.75 bits per heavy atom. The molecule has 2 fully saturated rings. The standard InChI is InChI=1S/C23H30N4O/c28-23(27(21-11-12-21)18-19-8-4-3-5-9-19)25-17-20-10-13-22(24-16-20)26-14-6-1-2-7-15-26/h3-5,8-10,13,16,21H,1-2,6-7,11-12,14-15,17-18H2,(H,25,28). The molecule has 1 saturated carbocycles. The molecule has 1 aliphatic heterocycles. The van der Waals surface area contributed by atoms with Gasteiger partial charge in [-0.15, -0.1) is 0 Å². The topological polar surface area (TPSA) is 48.5 Å². The highest BCUT2D eigenvalue weighted by Crippen LogP contribution is 2.28. The van der Waals surface area contributed by atoms with Gasteiger partial charge < -0.3 is 15.1 Å². The molecule has 0 atom stereocenters. The molecule has 2 heterocycles. The Morgan fingerprint density at radius 3 is 2.39 bits per heavy atom. The largest absolute Gasteiger partial charge is 0.357 e. The van der Waals surface area contributed by atoms with Crippen LogP contribution in [0.25, 0.3) is 0 Å². The number of carbonyl (C=O) groups excluding carboxylic acids is 1. The molecule has 2 aromatic rings. The van der Waals surface area contributed by atoms with Gasteiger partial charge in [-0.3, -0.25) is 0 Å². The Bertz CT molecular complexity index is 750. The maximum atomic E-state index is 12.7. The summed E-state index contributed by atoms with van der Waals surface area (Å²) in [6.45, 7) is 3.38. The van der Waals surface area contributed by atoms with Crippen LogP contribution in [0.2, 0.25) is 0 Å². The Hall–Kier alpha value is -2.56. The van der Waals surface area contributed by atoms with Crippen molar-refractivity contribution in [2.24, 2.45) is 0 Å². The molecule has 148 valence electrons. The van der Waals surface area contributed by atoms with Crippen molar-refractivity contribution >= 4 is 11.8 Å². The molecule has 0 spiro atoms. The first-order valence-electron chi connectivity index (χ1n) is 10.6. The van der Waals surface area contributed by atoms with Crippen molar-refractivity contribution in [1.29, 1.82) is 0 Å². The lowest BCUT2D eigenvalue weighted by atomic mass is 10.2. The monoisotopic (exact) mass is 378 g/mol. The molecule has 2 amide bonds.